The lowest BCUT2D eigenvalue weighted by molar-refractivity contribution is -0.149. The molecule has 0 fully saturated rings. The molecule has 0 heterocycles. The fourth-order valence-corrected chi connectivity index (χ4v) is 2.89. The van der Waals surface area contributed by atoms with Crippen molar-refractivity contribution >= 4 is 5.97 Å². The maximum Gasteiger partial charge on any atom is 0.309 e. The van der Waals surface area contributed by atoms with Crippen LogP contribution in [-0.4, -0.2) is 12.6 Å². The largest absolute Gasteiger partial charge is 0.465 e. The third-order valence-electron chi connectivity index (χ3n) is 4.45. The van der Waals surface area contributed by atoms with E-state index in [0.29, 0.717) is 12.5 Å². The summed E-state index contributed by atoms with van der Waals surface area (Å²) in [7, 11) is 0. The molecule has 0 radical (unpaired) electrons. The van der Waals surface area contributed by atoms with Gasteiger partial charge in [-0.2, -0.15) is 0 Å². The van der Waals surface area contributed by atoms with Gasteiger partial charge in [0.05, 0.1) is 12.5 Å². The summed E-state index contributed by atoms with van der Waals surface area (Å²) in [6.45, 7) is 11.2. The topological polar surface area (TPSA) is 26.3 Å². The van der Waals surface area contributed by atoms with E-state index in [2.05, 4.69) is 52.8 Å². The number of rotatable bonds is 9. The van der Waals surface area contributed by atoms with Gasteiger partial charge in [0.15, 0.2) is 0 Å². The highest BCUT2D eigenvalue weighted by Gasteiger charge is 2.22. The molecule has 136 valence electrons. The van der Waals surface area contributed by atoms with E-state index in [-0.39, 0.29) is 11.9 Å². The Hall–Kier alpha value is -1.31. The number of hydrogen-bond acceptors (Lipinski definition) is 2. The third kappa shape index (κ3) is 9.10. The van der Waals surface area contributed by atoms with Crippen molar-refractivity contribution in [3.8, 4) is 0 Å². The van der Waals surface area contributed by atoms with Gasteiger partial charge in [-0.3, -0.25) is 4.79 Å². The molecule has 0 spiro atoms. The summed E-state index contributed by atoms with van der Waals surface area (Å²) < 4.78 is 5.36. The summed E-state index contributed by atoms with van der Waals surface area (Å²) in [5.41, 5.74) is 4.40. The van der Waals surface area contributed by atoms with Crippen molar-refractivity contribution in [1.82, 2.24) is 0 Å². The second-order valence-corrected chi connectivity index (χ2v) is 7.77. The predicted molar refractivity (Wildman–Crippen MR) is 103 cm³/mol. The van der Waals surface area contributed by atoms with Crippen LogP contribution >= 0.6 is 0 Å². The number of carbonyl (C=O) groups is 1. The van der Waals surface area contributed by atoms with E-state index < -0.39 is 0 Å². The van der Waals surface area contributed by atoms with Gasteiger partial charge >= 0.3 is 5.97 Å². The van der Waals surface area contributed by atoms with E-state index in [9.17, 15) is 4.79 Å². The Morgan fingerprint density at radius 1 is 1.25 bits per heavy atom. The summed E-state index contributed by atoms with van der Waals surface area (Å²) in [5, 5.41) is 0. The molecule has 0 saturated carbocycles. The maximum absolute atomic E-state index is 12.0. The minimum Gasteiger partial charge on any atom is -0.465 e. The van der Waals surface area contributed by atoms with Gasteiger partial charge in [-0.1, -0.05) is 48.8 Å². The van der Waals surface area contributed by atoms with E-state index in [1.165, 1.54) is 16.7 Å². The number of allylic oxidation sites excluding steroid dienone is 6. The van der Waals surface area contributed by atoms with Crippen LogP contribution in [0, 0.1) is 11.8 Å². The second-order valence-electron chi connectivity index (χ2n) is 7.77. The average molecular weight is 333 g/mol. The molecule has 2 nitrogen and oxygen atoms in total. The summed E-state index contributed by atoms with van der Waals surface area (Å²) in [5.74, 6) is 0.485. The van der Waals surface area contributed by atoms with Crippen LogP contribution in [0.4, 0.5) is 0 Å². The van der Waals surface area contributed by atoms with Crippen LogP contribution in [0.3, 0.4) is 0 Å². The van der Waals surface area contributed by atoms with Crippen LogP contribution in [-0.2, 0) is 9.53 Å². The average Bonchev–Trinajstić information content (AvgIpc) is 2.53. The molecule has 0 bridgehead atoms. The van der Waals surface area contributed by atoms with Crippen molar-refractivity contribution in [1.29, 1.82) is 0 Å². The molecule has 1 aliphatic carbocycles. The van der Waals surface area contributed by atoms with Crippen molar-refractivity contribution in [2.24, 2.45) is 11.8 Å². The lowest BCUT2D eigenvalue weighted by Crippen LogP contribution is -2.21. The van der Waals surface area contributed by atoms with Gasteiger partial charge in [0.25, 0.3) is 0 Å². The van der Waals surface area contributed by atoms with Gasteiger partial charge in [-0.05, 0) is 71.6 Å². The molecule has 1 atom stereocenters. The normalized spacial score (nSPS) is 18.3. The zero-order valence-electron chi connectivity index (χ0n) is 16.4. The second kappa shape index (κ2) is 11.3. The van der Waals surface area contributed by atoms with Crippen molar-refractivity contribution in [2.75, 3.05) is 6.61 Å². The van der Waals surface area contributed by atoms with E-state index >= 15 is 0 Å². The summed E-state index contributed by atoms with van der Waals surface area (Å²) in [6.07, 6.45) is 14.4. The van der Waals surface area contributed by atoms with Crippen molar-refractivity contribution < 1.29 is 9.53 Å². The smallest absolute Gasteiger partial charge is 0.309 e. The maximum atomic E-state index is 12.0. The van der Waals surface area contributed by atoms with Gasteiger partial charge in [-0.15, -0.1) is 0 Å². The van der Waals surface area contributed by atoms with E-state index in [4.69, 9.17) is 4.74 Å². The molecule has 2 heteroatoms. The van der Waals surface area contributed by atoms with Crippen LogP contribution in [0.2, 0.25) is 0 Å². The lowest BCUT2D eigenvalue weighted by Gasteiger charge is -2.21. The first-order valence-corrected chi connectivity index (χ1v) is 9.52. The molecule has 0 aromatic heterocycles. The highest BCUT2D eigenvalue weighted by atomic mass is 16.5. The van der Waals surface area contributed by atoms with Crippen molar-refractivity contribution in [2.45, 2.75) is 79.6 Å². The lowest BCUT2D eigenvalue weighted by atomic mass is 9.87. The van der Waals surface area contributed by atoms with E-state index in [0.717, 1.165) is 44.9 Å². The Morgan fingerprint density at radius 3 is 2.58 bits per heavy atom. The van der Waals surface area contributed by atoms with Gasteiger partial charge in [0.1, 0.15) is 0 Å². The molecule has 0 N–H and O–H groups in total. The number of hydrogen-bond donors (Lipinski definition) is 0. The Bertz CT molecular complexity index is 476. The van der Waals surface area contributed by atoms with Gasteiger partial charge < -0.3 is 4.74 Å². The summed E-state index contributed by atoms with van der Waals surface area (Å²) in [4.78, 5) is 12.0. The standard InChI is InChI=1S/C22H36O2/c1-17(2)8-6-9-19(5)10-7-11-20-12-14-21(15-13-20)22(23)24-16-18(3)4/h8,10,12,18,21H,6-7,9,11,13-16H2,1-5H3. The minimum absolute atomic E-state index is 0.00554. The zero-order chi connectivity index (χ0) is 17.9. The Kier molecular flexibility index (Phi) is 9.75. The van der Waals surface area contributed by atoms with Crippen LogP contribution in [0.15, 0.2) is 34.9 Å². The van der Waals surface area contributed by atoms with Crippen molar-refractivity contribution in [3.05, 3.63) is 34.9 Å². The van der Waals surface area contributed by atoms with Crippen molar-refractivity contribution in [3.63, 3.8) is 0 Å². The monoisotopic (exact) mass is 332 g/mol. The molecule has 0 amide bonds. The fourth-order valence-electron chi connectivity index (χ4n) is 2.89. The van der Waals surface area contributed by atoms with Gasteiger partial charge in [0.2, 0.25) is 0 Å². The summed E-state index contributed by atoms with van der Waals surface area (Å²) in [6, 6.07) is 0. The minimum atomic E-state index is -0.00554. The fraction of sp³-hybridized carbons (Fsp3) is 0.682. The third-order valence-corrected chi connectivity index (χ3v) is 4.45. The number of ether oxygens (including phenoxy) is 1. The van der Waals surface area contributed by atoms with Gasteiger partial charge in [0, 0.05) is 0 Å². The molecule has 24 heavy (non-hydrogen) atoms. The van der Waals surface area contributed by atoms with E-state index in [1.807, 2.05) is 0 Å². The Balaban J connectivity index is 2.28. The van der Waals surface area contributed by atoms with E-state index in [1.54, 1.807) is 0 Å². The molecular formula is C22H36O2. The van der Waals surface area contributed by atoms with Crippen LogP contribution < -0.4 is 0 Å². The van der Waals surface area contributed by atoms with Gasteiger partial charge in [-0.25, -0.2) is 0 Å². The molecule has 1 aliphatic rings. The quantitative estimate of drug-likeness (QED) is 0.361. The van der Waals surface area contributed by atoms with Crippen LogP contribution in [0.1, 0.15) is 79.6 Å². The van der Waals surface area contributed by atoms with Crippen LogP contribution in [0.5, 0.6) is 0 Å². The highest BCUT2D eigenvalue weighted by molar-refractivity contribution is 5.72. The molecule has 1 rings (SSSR count). The Labute approximate surface area is 149 Å². The molecule has 1 unspecified atom stereocenters. The number of carbonyl (C=O) groups excluding carboxylic acids is 1. The molecule has 0 aromatic rings. The first-order chi connectivity index (χ1) is 11.4. The SMILES string of the molecule is CC(C)=CCCC(C)=CCCC1=CCC(C(=O)OCC(C)C)CC1. The molecule has 0 aliphatic heterocycles. The highest BCUT2D eigenvalue weighted by Crippen LogP contribution is 2.27. The molecule has 0 aromatic carbocycles. The van der Waals surface area contributed by atoms with Crippen LogP contribution in [0.25, 0.3) is 0 Å². The summed E-state index contributed by atoms with van der Waals surface area (Å²) >= 11 is 0. The zero-order valence-corrected chi connectivity index (χ0v) is 16.4. The molecular weight excluding hydrogens is 296 g/mol. The Morgan fingerprint density at radius 2 is 2.00 bits per heavy atom. The first kappa shape index (κ1) is 20.7. The first-order valence-electron chi connectivity index (χ1n) is 9.52. The number of esters is 1. The predicted octanol–water partition coefficient (Wildman–Crippen LogP) is 6.39. The molecule has 0 saturated heterocycles.